The van der Waals surface area contributed by atoms with E-state index in [-0.39, 0.29) is 12.3 Å². The quantitative estimate of drug-likeness (QED) is 0.726. The highest BCUT2D eigenvalue weighted by Gasteiger charge is 2.68. The maximum absolute atomic E-state index is 10.6. The molecule has 2 fully saturated rings. The molecule has 6 heteroatoms. The Hall–Kier alpha value is -0.690. The molecule has 92 valence electrons. The van der Waals surface area contributed by atoms with E-state index in [0.717, 1.165) is 0 Å². The van der Waals surface area contributed by atoms with E-state index in [4.69, 9.17) is 24.7 Å². The molecule has 0 aliphatic carbocycles. The monoisotopic (exact) mass is 232 g/mol. The molecule has 2 heterocycles. The van der Waals surface area contributed by atoms with Gasteiger partial charge in [0.2, 0.25) is 11.6 Å². The van der Waals surface area contributed by atoms with Gasteiger partial charge >= 0.3 is 5.97 Å². The van der Waals surface area contributed by atoms with Crippen LogP contribution in [0.3, 0.4) is 0 Å². The molecule has 0 atom stereocenters. The lowest BCUT2D eigenvalue weighted by Crippen LogP contribution is -2.36. The Morgan fingerprint density at radius 3 is 1.88 bits per heavy atom. The first-order valence-electron chi connectivity index (χ1n) is 5.54. The van der Waals surface area contributed by atoms with Crippen molar-refractivity contribution in [2.45, 2.75) is 51.1 Å². The highest BCUT2D eigenvalue weighted by Crippen LogP contribution is 2.55. The summed E-state index contributed by atoms with van der Waals surface area (Å²) in [5.74, 6) is -2.92. The van der Waals surface area contributed by atoms with Crippen molar-refractivity contribution >= 4 is 5.97 Å². The van der Waals surface area contributed by atoms with Crippen LogP contribution in [0.4, 0.5) is 0 Å². The second-order valence-electron chi connectivity index (χ2n) is 4.15. The summed E-state index contributed by atoms with van der Waals surface area (Å²) >= 11 is 0. The van der Waals surface area contributed by atoms with Gasteiger partial charge < -0.3 is 5.11 Å². The molecule has 2 bridgehead atoms. The van der Waals surface area contributed by atoms with E-state index in [2.05, 4.69) is 0 Å². The molecule has 0 spiro atoms. The maximum Gasteiger partial charge on any atom is 0.303 e. The number of carboxylic acid groups (broad SMARTS) is 1. The van der Waals surface area contributed by atoms with Crippen molar-refractivity contribution in [2.75, 3.05) is 0 Å². The number of aliphatic carboxylic acids is 1. The Bertz CT molecular complexity index is 261. The molecule has 2 saturated heterocycles. The first-order valence-corrected chi connectivity index (χ1v) is 5.54. The lowest BCUT2D eigenvalue weighted by molar-refractivity contribution is -0.590. The summed E-state index contributed by atoms with van der Waals surface area (Å²) in [6.07, 6.45) is 1.57. The molecule has 16 heavy (non-hydrogen) atoms. The molecule has 0 saturated carbocycles. The fourth-order valence-electron chi connectivity index (χ4n) is 2.31. The standard InChI is InChI=1S/C10H16O6/c1-3-9-7(5-6-8(11)12)10(4-2,15-13-9)16-14-9/h7H,3-6H2,1-2H3,(H,11,12). The summed E-state index contributed by atoms with van der Waals surface area (Å²) in [6.45, 7) is 3.77. The van der Waals surface area contributed by atoms with Gasteiger partial charge in [-0.25, -0.2) is 0 Å². The van der Waals surface area contributed by atoms with Crippen molar-refractivity contribution in [1.29, 1.82) is 0 Å². The van der Waals surface area contributed by atoms with Crippen LogP contribution >= 0.6 is 0 Å². The van der Waals surface area contributed by atoms with Crippen LogP contribution in [0.15, 0.2) is 0 Å². The third kappa shape index (κ3) is 1.53. The third-order valence-electron chi connectivity index (χ3n) is 3.34. The number of carbonyl (C=O) groups is 1. The van der Waals surface area contributed by atoms with Crippen LogP contribution in [0.1, 0.15) is 39.5 Å². The summed E-state index contributed by atoms with van der Waals surface area (Å²) in [7, 11) is 0. The van der Waals surface area contributed by atoms with Gasteiger partial charge in [0.15, 0.2) is 0 Å². The number of hydrogen-bond acceptors (Lipinski definition) is 5. The maximum atomic E-state index is 10.6. The SMILES string of the molecule is CCC12OOC(CC)(OO1)C2CCC(=O)O. The fourth-order valence-corrected chi connectivity index (χ4v) is 2.31. The minimum absolute atomic E-state index is 0.0492. The van der Waals surface area contributed by atoms with Crippen LogP contribution in [0.2, 0.25) is 0 Å². The summed E-state index contributed by atoms with van der Waals surface area (Å²) in [5, 5.41) is 8.72. The number of fused-ring (bicyclic) bond motifs is 2. The van der Waals surface area contributed by atoms with Gasteiger partial charge in [-0.1, -0.05) is 13.8 Å². The Balaban J connectivity index is 2.15. The van der Waals surface area contributed by atoms with E-state index in [1.165, 1.54) is 0 Å². The third-order valence-corrected chi connectivity index (χ3v) is 3.34. The molecule has 0 aromatic carbocycles. The van der Waals surface area contributed by atoms with Gasteiger partial charge in [0.25, 0.3) is 0 Å². The molecular formula is C10H16O6. The molecule has 0 unspecified atom stereocenters. The van der Waals surface area contributed by atoms with Crippen molar-refractivity contribution in [3.63, 3.8) is 0 Å². The molecule has 0 aromatic heterocycles. The first-order chi connectivity index (χ1) is 7.58. The predicted octanol–water partition coefficient (Wildman–Crippen LogP) is 1.60. The van der Waals surface area contributed by atoms with Crippen LogP contribution in [-0.4, -0.2) is 22.7 Å². The molecule has 0 amide bonds. The minimum Gasteiger partial charge on any atom is -0.481 e. The molecule has 0 radical (unpaired) electrons. The molecule has 6 nitrogen and oxygen atoms in total. The fraction of sp³-hybridized carbons (Fsp3) is 0.900. The van der Waals surface area contributed by atoms with E-state index in [1.54, 1.807) is 0 Å². The van der Waals surface area contributed by atoms with Crippen LogP contribution in [0.5, 0.6) is 0 Å². The molecule has 2 rings (SSSR count). The van der Waals surface area contributed by atoms with E-state index in [9.17, 15) is 4.79 Å². The molecular weight excluding hydrogens is 216 g/mol. The van der Waals surface area contributed by atoms with Crippen molar-refractivity contribution in [2.24, 2.45) is 5.92 Å². The predicted molar refractivity (Wildman–Crippen MR) is 50.7 cm³/mol. The number of rotatable bonds is 5. The van der Waals surface area contributed by atoms with Gasteiger partial charge in [0.05, 0.1) is 5.92 Å². The van der Waals surface area contributed by atoms with Crippen LogP contribution in [-0.2, 0) is 24.3 Å². The van der Waals surface area contributed by atoms with Gasteiger partial charge in [-0.05, 0) is 6.42 Å². The highest BCUT2D eigenvalue weighted by atomic mass is 17.4. The van der Waals surface area contributed by atoms with Gasteiger partial charge in [-0.15, -0.1) is 0 Å². The molecule has 0 aromatic rings. The zero-order chi connectivity index (χ0) is 11.8. The summed E-state index contributed by atoms with van der Waals surface area (Å²) in [6, 6.07) is 0. The van der Waals surface area contributed by atoms with Crippen molar-refractivity contribution in [1.82, 2.24) is 0 Å². The van der Waals surface area contributed by atoms with E-state index < -0.39 is 17.5 Å². The minimum atomic E-state index is -0.939. The normalized spacial score (nSPS) is 41.5. The molecule has 1 N–H and O–H groups in total. The van der Waals surface area contributed by atoms with Crippen LogP contribution < -0.4 is 0 Å². The van der Waals surface area contributed by atoms with E-state index in [0.29, 0.717) is 19.3 Å². The smallest absolute Gasteiger partial charge is 0.303 e. The average molecular weight is 232 g/mol. The van der Waals surface area contributed by atoms with Crippen LogP contribution in [0, 0.1) is 5.92 Å². The zero-order valence-electron chi connectivity index (χ0n) is 9.39. The van der Waals surface area contributed by atoms with Crippen molar-refractivity contribution in [3.05, 3.63) is 0 Å². The first kappa shape index (κ1) is 11.8. The van der Waals surface area contributed by atoms with E-state index >= 15 is 0 Å². The Kier molecular flexibility index (Phi) is 2.91. The summed E-state index contributed by atoms with van der Waals surface area (Å²) in [4.78, 5) is 31.4. The summed E-state index contributed by atoms with van der Waals surface area (Å²) < 4.78 is 0. The Morgan fingerprint density at radius 2 is 1.56 bits per heavy atom. The zero-order valence-corrected chi connectivity index (χ0v) is 9.39. The summed E-state index contributed by atoms with van der Waals surface area (Å²) in [5.41, 5.74) is 0. The number of hydrogen-bond donors (Lipinski definition) is 1. The second kappa shape index (κ2) is 3.96. The Labute approximate surface area is 93.3 Å². The molecule has 2 aliphatic rings. The van der Waals surface area contributed by atoms with Crippen molar-refractivity contribution in [3.8, 4) is 0 Å². The average Bonchev–Trinajstić information content (AvgIpc) is 2.77. The second-order valence-corrected chi connectivity index (χ2v) is 4.15. The number of carboxylic acids is 1. The van der Waals surface area contributed by atoms with Crippen LogP contribution in [0.25, 0.3) is 0 Å². The van der Waals surface area contributed by atoms with Gasteiger partial charge in [-0.2, -0.15) is 19.6 Å². The highest BCUT2D eigenvalue weighted by molar-refractivity contribution is 5.66. The topological polar surface area (TPSA) is 74.2 Å². The molecule has 2 aliphatic heterocycles. The largest absolute Gasteiger partial charge is 0.481 e. The lowest BCUT2D eigenvalue weighted by atomic mass is 9.84. The Morgan fingerprint density at radius 1 is 1.12 bits per heavy atom. The van der Waals surface area contributed by atoms with Gasteiger partial charge in [0.1, 0.15) is 0 Å². The van der Waals surface area contributed by atoms with Gasteiger partial charge in [-0.3, -0.25) is 4.79 Å². The lowest BCUT2D eigenvalue weighted by Gasteiger charge is -2.24. The van der Waals surface area contributed by atoms with Crippen molar-refractivity contribution < 1.29 is 29.5 Å². The van der Waals surface area contributed by atoms with Gasteiger partial charge in [0, 0.05) is 19.3 Å². The van der Waals surface area contributed by atoms with E-state index in [1.807, 2.05) is 13.8 Å².